The van der Waals surface area contributed by atoms with E-state index in [1.54, 1.807) is 17.7 Å². The van der Waals surface area contributed by atoms with Crippen molar-refractivity contribution in [3.8, 4) is 22.4 Å². The second-order valence-corrected chi connectivity index (χ2v) is 11.6. The van der Waals surface area contributed by atoms with E-state index in [-0.39, 0.29) is 33.4 Å². The molecule has 216 valence electrons. The predicted molar refractivity (Wildman–Crippen MR) is 152 cm³/mol. The standard InChI is InChI=1S/C30H27ClF2N6O3/c1-42-11-10-38-29(41)25-17(24-15(13-30(38)8-9-30)2-4-18(31)26(24)32)12-23(40)39-20(25)5-6-21(39)28-35-14-19(36-28)16-3-7-22(34)37-27(16)33/h2-4,7,12,14,21H,5-6,8-11,13H2,1H3,(H2,34,37)(H,35,36)/t21-/m1/s1. The normalized spacial score (nSPS) is 18.4. The van der Waals surface area contributed by atoms with Gasteiger partial charge in [0.2, 0.25) is 5.95 Å². The maximum absolute atomic E-state index is 15.8. The number of aromatic amines is 1. The number of amides is 1. The van der Waals surface area contributed by atoms with Crippen LogP contribution in [0.1, 0.15) is 52.7 Å². The number of imidazole rings is 1. The third-order valence-corrected chi connectivity index (χ3v) is 9.03. The Kier molecular flexibility index (Phi) is 6.21. The van der Waals surface area contributed by atoms with Gasteiger partial charge >= 0.3 is 0 Å². The van der Waals surface area contributed by atoms with Crippen molar-refractivity contribution in [2.75, 3.05) is 26.0 Å². The molecule has 3 aromatic heterocycles. The van der Waals surface area contributed by atoms with Crippen molar-refractivity contribution in [3.05, 3.63) is 86.3 Å². The summed E-state index contributed by atoms with van der Waals surface area (Å²) in [6.45, 7) is 0.707. The van der Waals surface area contributed by atoms with Gasteiger partial charge in [0.25, 0.3) is 11.5 Å². The molecular formula is C30H27ClF2N6O3. The van der Waals surface area contributed by atoms with Crippen molar-refractivity contribution in [2.24, 2.45) is 0 Å². The summed E-state index contributed by atoms with van der Waals surface area (Å²) in [4.78, 5) is 41.3. The van der Waals surface area contributed by atoms with E-state index in [1.807, 2.05) is 4.90 Å². The van der Waals surface area contributed by atoms with Gasteiger partial charge in [0.05, 0.1) is 40.7 Å². The summed E-state index contributed by atoms with van der Waals surface area (Å²) in [6.07, 6.45) is 4.34. The number of anilines is 1. The number of aromatic nitrogens is 4. The summed E-state index contributed by atoms with van der Waals surface area (Å²) in [5.41, 5.74) is 7.27. The Labute approximate surface area is 244 Å². The van der Waals surface area contributed by atoms with E-state index >= 15 is 4.39 Å². The highest BCUT2D eigenvalue weighted by Gasteiger charge is 2.52. The molecule has 0 saturated heterocycles. The topological polar surface area (TPSA) is 119 Å². The number of hydrogen-bond acceptors (Lipinski definition) is 6. The number of methoxy groups -OCH3 is 1. The number of fused-ring (bicyclic) bond motifs is 5. The predicted octanol–water partition coefficient (Wildman–Crippen LogP) is 4.53. The van der Waals surface area contributed by atoms with Crippen LogP contribution in [-0.2, 0) is 17.6 Å². The smallest absolute Gasteiger partial charge is 0.256 e. The minimum absolute atomic E-state index is 0.0558. The van der Waals surface area contributed by atoms with E-state index in [9.17, 15) is 14.0 Å². The van der Waals surface area contributed by atoms with Crippen LogP contribution in [0.2, 0.25) is 5.02 Å². The van der Waals surface area contributed by atoms with Gasteiger partial charge in [-0.25, -0.2) is 14.4 Å². The molecule has 2 aliphatic heterocycles. The Morgan fingerprint density at radius 1 is 1.17 bits per heavy atom. The number of benzene rings is 1. The number of nitrogen functional groups attached to an aromatic ring is 1. The van der Waals surface area contributed by atoms with Gasteiger partial charge in [0.15, 0.2) is 0 Å². The molecule has 4 aromatic rings. The second kappa shape index (κ2) is 9.74. The largest absolute Gasteiger partial charge is 0.384 e. The van der Waals surface area contributed by atoms with E-state index in [0.29, 0.717) is 60.8 Å². The Bertz CT molecular complexity index is 1830. The van der Waals surface area contributed by atoms with Crippen molar-refractivity contribution >= 4 is 23.3 Å². The van der Waals surface area contributed by atoms with E-state index < -0.39 is 28.9 Å². The Hall–Kier alpha value is -4.09. The SMILES string of the molecule is COCCN1C(=O)c2c(cc(=O)n3c2CC[C@@H]3c2ncc(-c3ccc(N)nc3F)[nH]2)-c2c(ccc(Cl)c2F)CC12CC2. The van der Waals surface area contributed by atoms with Gasteiger partial charge in [-0.3, -0.25) is 9.59 Å². The molecular weight excluding hydrogens is 566 g/mol. The maximum atomic E-state index is 15.8. The summed E-state index contributed by atoms with van der Waals surface area (Å²) in [5.74, 6) is -1.15. The van der Waals surface area contributed by atoms with Crippen molar-refractivity contribution in [1.82, 2.24) is 24.4 Å². The zero-order valence-electron chi connectivity index (χ0n) is 22.7. The van der Waals surface area contributed by atoms with Gasteiger partial charge in [-0.05, 0) is 55.9 Å². The lowest BCUT2D eigenvalue weighted by Gasteiger charge is -2.36. The van der Waals surface area contributed by atoms with Crippen molar-refractivity contribution in [3.63, 3.8) is 0 Å². The fraction of sp³-hybridized carbons (Fsp3) is 0.333. The van der Waals surface area contributed by atoms with Crippen molar-refractivity contribution < 1.29 is 18.3 Å². The molecule has 1 aliphatic carbocycles. The summed E-state index contributed by atoms with van der Waals surface area (Å²) in [6, 6.07) is 7.10. The van der Waals surface area contributed by atoms with E-state index in [2.05, 4.69) is 15.0 Å². The molecule has 1 spiro atoms. The number of H-pyrrole nitrogens is 1. The van der Waals surface area contributed by atoms with Crippen LogP contribution in [0, 0.1) is 11.8 Å². The Morgan fingerprint density at radius 2 is 1.98 bits per heavy atom. The van der Waals surface area contributed by atoms with Crippen LogP contribution in [0.5, 0.6) is 0 Å². The van der Waals surface area contributed by atoms with E-state index in [0.717, 1.165) is 12.8 Å². The van der Waals surface area contributed by atoms with E-state index in [1.165, 1.54) is 30.5 Å². The van der Waals surface area contributed by atoms with Gasteiger partial charge in [-0.1, -0.05) is 17.7 Å². The molecule has 12 heteroatoms. The molecule has 3 aliphatic rings. The van der Waals surface area contributed by atoms with Crippen LogP contribution in [0.15, 0.2) is 41.3 Å². The van der Waals surface area contributed by atoms with Crippen LogP contribution < -0.4 is 11.3 Å². The highest BCUT2D eigenvalue weighted by Crippen LogP contribution is 2.50. The lowest BCUT2D eigenvalue weighted by molar-refractivity contribution is 0.0561. The molecule has 1 aromatic carbocycles. The van der Waals surface area contributed by atoms with Crippen molar-refractivity contribution in [2.45, 2.75) is 43.7 Å². The monoisotopic (exact) mass is 592 g/mol. The molecule has 0 bridgehead atoms. The zero-order chi connectivity index (χ0) is 29.3. The molecule has 3 N–H and O–H groups in total. The number of halogens is 3. The molecule has 5 heterocycles. The first-order valence-electron chi connectivity index (χ1n) is 13.8. The van der Waals surface area contributed by atoms with Gasteiger partial charge in [0, 0.05) is 42.1 Å². The summed E-state index contributed by atoms with van der Waals surface area (Å²) < 4.78 is 37.2. The first-order valence-corrected chi connectivity index (χ1v) is 14.1. The molecule has 7 rings (SSSR count). The Balaban J connectivity index is 1.40. The number of nitrogens with one attached hydrogen (secondary N) is 1. The average molecular weight is 593 g/mol. The quantitative estimate of drug-likeness (QED) is 0.329. The summed E-state index contributed by atoms with van der Waals surface area (Å²) in [7, 11) is 1.58. The molecule has 0 radical (unpaired) electrons. The average Bonchev–Trinajstić information content (AvgIpc) is 3.34. The minimum Gasteiger partial charge on any atom is -0.384 e. The number of hydrogen-bond donors (Lipinski definition) is 2. The van der Waals surface area contributed by atoms with Crippen LogP contribution in [0.25, 0.3) is 22.4 Å². The summed E-state index contributed by atoms with van der Waals surface area (Å²) >= 11 is 6.24. The molecule has 0 unspecified atom stereocenters. The van der Waals surface area contributed by atoms with Gasteiger partial charge in [0.1, 0.15) is 17.5 Å². The van der Waals surface area contributed by atoms with Gasteiger partial charge in [-0.2, -0.15) is 4.39 Å². The lowest BCUT2D eigenvalue weighted by atomic mass is 9.86. The van der Waals surface area contributed by atoms with Crippen molar-refractivity contribution in [1.29, 1.82) is 0 Å². The van der Waals surface area contributed by atoms with Gasteiger partial charge < -0.3 is 24.9 Å². The highest BCUT2D eigenvalue weighted by molar-refractivity contribution is 6.31. The Morgan fingerprint density at radius 3 is 2.71 bits per heavy atom. The number of ether oxygens (including phenoxy) is 1. The molecule has 9 nitrogen and oxygen atoms in total. The third kappa shape index (κ3) is 4.05. The molecule has 42 heavy (non-hydrogen) atoms. The molecule has 1 amide bonds. The van der Waals surface area contributed by atoms with Crippen LogP contribution in [0.4, 0.5) is 14.6 Å². The highest BCUT2D eigenvalue weighted by atomic mass is 35.5. The number of pyridine rings is 2. The minimum atomic E-state index is -0.745. The zero-order valence-corrected chi connectivity index (χ0v) is 23.5. The number of nitrogens with zero attached hydrogens (tertiary/aromatic N) is 4. The second-order valence-electron chi connectivity index (χ2n) is 11.1. The van der Waals surface area contributed by atoms with Crippen LogP contribution in [0.3, 0.4) is 0 Å². The van der Waals surface area contributed by atoms with Crippen LogP contribution in [-0.4, -0.2) is 56.1 Å². The molecule has 1 saturated carbocycles. The number of rotatable bonds is 5. The van der Waals surface area contributed by atoms with Gasteiger partial charge in [-0.15, -0.1) is 0 Å². The number of carbonyl (C=O) groups excluding carboxylic acids is 1. The lowest BCUT2D eigenvalue weighted by Crippen LogP contribution is -2.47. The maximum Gasteiger partial charge on any atom is 0.256 e. The van der Waals surface area contributed by atoms with E-state index in [4.69, 9.17) is 22.1 Å². The number of nitrogens with two attached hydrogens (primary N) is 1. The fourth-order valence-electron chi connectivity index (χ4n) is 6.59. The first kappa shape index (κ1) is 26.8. The van der Waals surface area contributed by atoms with Crippen LogP contribution >= 0.6 is 11.6 Å². The molecule has 1 fully saturated rings. The molecule has 1 atom stereocenters. The fourth-order valence-corrected chi connectivity index (χ4v) is 6.75. The number of carbonyl (C=O) groups is 1. The third-order valence-electron chi connectivity index (χ3n) is 8.74. The first-order chi connectivity index (χ1) is 20.2. The summed E-state index contributed by atoms with van der Waals surface area (Å²) in [5, 5.41) is -0.0696.